The van der Waals surface area contributed by atoms with Gasteiger partial charge in [0.15, 0.2) is 0 Å². The molecular formula is C23H30N2O6. The Morgan fingerprint density at radius 1 is 1.06 bits per heavy atom. The lowest BCUT2D eigenvalue weighted by Crippen LogP contribution is -2.07. The van der Waals surface area contributed by atoms with Gasteiger partial charge in [0.1, 0.15) is 28.7 Å². The van der Waals surface area contributed by atoms with Crippen molar-refractivity contribution >= 4 is 11.7 Å². The van der Waals surface area contributed by atoms with Gasteiger partial charge in [0, 0.05) is 38.0 Å². The predicted molar refractivity (Wildman–Crippen MR) is 120 cm³/mol. The van der Waals surface area contributed by atoms with E-state index in [1.807, 2.05) is 45.0 Å². The summed E-state index contributed by atoms with van der Waals surface area (Å²) >= 11 is 0. The van der Waals surface area contributed by atoms with Crippen LogP contribution in [0.15, 0.2) is 47.0 Å². The highest BCUT2D eigenvalue weighted by Crippen LogP contribution is 2.42. The Bertz CT molecular complexity index is 965. The number of aromatic hydroxyl groups is 2. The SMILES string of the molecule is CC.CCC.CN(C)c1ccc(Oc2cc(O)cc(O)c2-c2cc(C(=O)O)on2)cc1. The quantitative estimate of drug-likeness (QED) is 0.468. The first kappa shape index (κ1) is 25.4. The molecule has 0 unspecified atom stereocenters. The first-order valence-electron chi connectivity index (χ1n) is 9.98. The summed E-state index contributed by atoms with van der Waals surface area (Å²) in [5.41, 5.74) is 1.15. The van der Waals surface area contributed by atoms with Gasteiger partial charge in [-0.2, -0.15) is 0 Å². The maximum Gasteiger partial charge on any atom is 0.374 e. The Morgan fingerprint density at radius 3 is 2.13 bits per heavy atom. The number of anilines is 1. The number of aromatic carboxylic acids is 1. The van der Waals surface area contributed by atoms with Gasteiger partial charge in [-0.3, -0.25) is 0 Å². The zero-order chi connectivity index (χ0) is 23.6. The van der Waals surface area contributed by atoms with E-state index in [0.717, 1.165) is 17.8 Å². The van der Waals surface area contributed by atoms with E-state index in [9.17, 15) is 15.0 Å². The van der Waals surface area contributed by atoms with Crippen LogP contribution >= 0.6 is 0 Å². The lowest BCUT2D eigenvalue weighted by Gasteiger charge is -2.14. The van der Waals surface area contributed by atoms with Crippen LogP contribution in [0.2, 0.25) is 0 Å². The summed E-state index contributed by atoms with van der Waals surface area (Å²) in [6.07, 6.45) is 1.25. The first-order chi connectivity index (χ1) is 14.8. The maximum absolute atomic E-state index is 11.0. The van der Waals surface area contributed by atoms with Crippen LogP contribution in [0, 0.1) is 0 Å². The molecule has 3 aromatic rings. The number of aromatic nitrogens is 1. The molecule has 1 aromatic heterocycles. The van der Waals surface area contributed by atoms with E-state index in [1.54, 1.807) is 12.1 Å². The number of phenolic OH excluding ortho intramolecular Hbond substituents is 2. The largest absolute Gasteiger partial charge is 0.508 e. The summed E-state index contributed by atoms with van der Waals surface area (Å²) in [5.74, 6) is -1.64. The molecule has 2 aromatic carbocycles. The highest BCUT2D eigenvalue weighted by molar-refractivity contribution is 5.87. The van der Waals surface area contributed by atoms with Crippen molar-refractivity contribution in [2.24, 2.45) is 0 Å². The number of rotatable bonds is 5. The third kappa shape index (κ3) is 6.95. The molecule has 0 radical (unpaired) electrons. The molecule has 8 heteroatoms. The summed E-state index contributed by atoms with van der Waals surface area (Å²) in [6, 6.07) is 10.7. The van der Waals surface area contributed by atoms with E-state index in [1.165, 1.54) is 12.5 Å². The minimum Gasteiger partial charge on any atom is -0.508 e. The van der Waals surface area contributed by atoms with Crippen LogP contribution in [0.5, 0.6) is 23.0 Å². The summed E-state index contributed by atoms with van der Waals surface area (Å²) in [7, 11) is 3.82. The minimum absolute atomic E-state index is 0.0693. The Labute approximate surface area is 182 Å². The number of ether oxygens (including phenoxy) is 1. The van der Waals surface area contributed by atoms with Crippen molar-refractivity contribution in [2.75, 3.05) is 19.0 Å². The van der Waals surface area contributed by atoms with Crippen molar-refractivity contribution < 1.29 is 29.4 Å². The molecule has 31 heavy (non-hydrogen) atoms. The second kappa shape index (κ2) is 12.1. The number of hydrogen-bond donors (Lipinski definition) is 3. The average molecular weight is 431 g/mol. The third-order valence-electron chi connectivity index (χ3n) is 3.62. The molecule has 0 aliphatic heterocycles. The van der Waals surface area contributed by atoms with Gasteiger partial charge < -0.3 is 29.5 Å². The fourth-order valence-corrected chi connectivity index (χ4v) is 2.36. The summed E-state index contributed by atoms with van der Waals surface area (Å²) in [4.78, 5) is 12.9. The second-order valence-electron chi connectivity index (χ2n) is 6.42. The molecule has 168 valence electrons. The first-order valence-corrected chi connectivity index (χ1v) is 9.98. The highest BCUT2D eigenvalue weighted by Gasteiger charge is 2.20. The lowest BCUT2D eigenvalue weighted by molar-refractivity contribution is 0.0652. The molecule has 0 saturated heterocycles. The van der Waals surface area contributed by atoms with E-state index >= 15 is 0 Å². The fourth-order valence-electron chi connectivity index (χ4n) is 2.36. The minimum atomic E-state index is -1.29. The van der Waals surface area contributed by atoms with Crippen molar-refractivity contribution in [1.82, 2.24) is 5.16 Å². The molecule has 8 nitrogen and oxygen atoms in total. The van der Waals surface area contributed by atoms with Crippen molar-refractivity contribution in [2.45, 2.75) is 34.1 Å². The van der Waals surface area contributed by atoms with Gasteiger partial charge in [-0.1, -0.05) is 39.3 Å². The monoisotopic (exact) mass is 430 g/mol. The Morgan fingerprint density at radius 2 is 1.65 bits per heavy atom. The van der Waals surface area contributed by atoms with Gasteiger partial charge in [-0.25, -0.2) is 4.79 Å². The van der Waals surface area contributed by atoms with Gasteiger partial charge in [-0.15, -0.1) is 0 Å². The Hall–Kier alpha value is -3.68. The molecule has 0 bridgehead atoms. The van der Waals surface area contributed by atoms with Crippen molar-refractivity contribution in [1.29, 1.82) is 0 Å². The number of carbonyl (C=O) groups is 1. The van der Waals surface area contributed by atoms with Crippen LogP contribution in [-0.4, -0.2) is 40.5 Å². The van der Waals surface area contributed by atoms with Crippen LogP contribution in [0.4, 0.5) is 5.69 Å². The number of benzene rings is 2. The number of phenols is 2. The van der Waals surface area contributed by atoms with Crippen LogP contribution < -0.4 is 9.64 Å². The molecule has 0 fully saturated rings. The summed E-state index contributed by atoms with van der Waals surface area (Å²) in [5, 5.41) is 32.6. The van der Waals surface area contributed by atoms with E-state index < -0.39 is 5.97 Å². The van der Waals surface area contributed by atoms with E-state index in [0.29, 0.717) is 5.75 Å². The second-order valence-corrected chi connectivity index (χ2v) is 6.42. The summed E-state index contributed by atoms with van der Waals surface area (Å²) in [6.45, 7) is 8.25. The van der Waals surface area contributed by atoms with Crippen molar-refractivity contribution in [3.8, 4) is 34.3 Å². The zero-order valence-electron chi connectivity index (χ0n) is 18.7. The van der Waals surface area contributed by atoms with Gasteiger partial charge >= 0.3 is 5.97 Å². The highest BCUT2D eigenvalue weighted by atomic mass is 16.5. The fraction of sp³-hybridized carbons (Fsp3) is 0.304. The average Bonchev–Trinajstić information content (AvgIpc) is 3.20. The third-order valence-corrected chi connectivity index (χ3v) is 3.62. The van der Waals surface area contributed by atoms with Crippen molar-refractivity contribution in [3.63, 3.8) is 0 Å². The topological polar surface area (TPSA) is 116 Å². The van der Waals surface area contributed by atoms with Crippen LogP contribution in [0.1, 0.15) is 44.7 Å². The number of carboxylic acid groups (broad SMARTS) is 1. The van der Waals surface area contributed by atoms with E-state index in [2.05, 4.69) is 19.0 Å². The smallest absolute Gasteiger partial charge is 0.374 e. The van der Waals surface area contributed by atoms with Gasteiger partial charge in [0.05, 0.1) is 5.56 Å². The molecule has 0 aliphatic rings. The maximum atomic E-state index is 11.0. The number of nitrogens with zero attached hydrogens (tertiary/aromatic N) is 2. The summed E-state index contributed by atoms with van der Waals surface area (Å²) < 4.78 is 10.5. The standard InChI is InChI=1S/C18H16N2O6.C3H8.C2H6/c1-20(2)10-3-5-12(6-4-10)25-15-8-11(21)7-14(22)17(15)13-9-16(18(23)24)26-19-13;1-3-2;1-2/h3-9,21-22H,1-2H3,(H,23,24);3H2,1-2H3;1-2H3. The zero-order valence-corrected chi connectivity index (χ0v) is 18.7. The van der Waals surface area contributed by atoms with Gasteiger partial charge in [-0.05, 0) is 24.3 Å². The van der Waals surface area contributed by atoms with Gasteiger partial charge in [0.25, 0.3) is 0 Å². The van der Waals surface area contributed by atoms with Crippen LogP contribution in [0.25, 0.3) is 11.3 Å². The molecule has 0 aliphatic carbocycles. The Kier molecular flexibility index (Phi) is 9.91. The predicted octanol–water partition coefficient (Wildman–Crippen LogP) is 5.75. The van der Waals surface area contributed by atoms with Gasteiger partial charge in [0.2, 0.25) is 5.76 Å². The van der Waals surface area contributed by atoms with E-state index in [4.69, 9.17) is 14.4 Å². The molecule has 0 atom stereocenters. The molecule has 0 saturated carbocycles. The van der Waals surface area contributed by atoms with Crippen molar-refractivity contribution in [3.05, 3.63) is 48.2 Å². The molecule has 3 N–H and O–H groups in total. The molecule has 0 spiro atoms. The molecule has 1 heterocycles. The normalized spacial score (nSPS) is 9.61. The molecule has 0 amide bonds. The lowest BCUT2D eigenvalue weighted by atomic mass is 10.1. The van der Waals surface area contributed by atoms with Crippen LogP contribution in [-0.2, 0) is 0 Å². The van der Waals surface area contributed by atoms with Crippen LogP contribution in [0.3, 0.4) is 0 Å². The molecular weight excluding hydrogens is 400 g/mol. The number of carboxylic acids is 1. The molecule has 3 rings (SSSR count). The Balaban J connectivity index is 0.000000884. The van der Waals surface area contributed by atoms with E-state index in [-0.39, 0.29) is 34.3 Å². The number of hydrogen-bond acceptors (Lipinski definition) is 7.